The van der Waals surface area contributed by atoms with Gasteiger partial charge >= 0.3 is 5.97 Å². The van der Waals surface area contributed by atoms with Gasteiger partial charge in [-0.2, -0.15) is 5.10 Å². The second-order valence-electron chi connectivity index (χ2n) is 8.53. The van der Waals surface area contributed by atoms with Crippen LogP contribution >= 0.6 is 0 Å². The molecule has 0 radical (unpaired) electrons. The number of ether oxygens (including phenoxy) is 1. The molecule has 3 aromatic rings. The van der Waals surface area contributed by atoms with E-state index in [1.165, 1.54) is 5.56 Å². The Balaban J connectivity index is 1.78. The summed E-state index contributed by atoms with van der Waals surface area (Å²) >= 11 is 0. The Morgan fingerprint density at radius 1 is 1.06 bits per heavy atom. The topological polar surface area (TPSA) is 72.7 Å². The number of para-hydroxylation sites is 1. The monoisotopic (exact) mass is 445 g/mol. The van der Waals surface area contributed by atoms with E-state index in [1.54, 1.807) is 12.3 Å². The van der Waals surface area contributed by atoms with Gasteiger partial charge in [0.1, 0.15) is 0 Å². The lowest BCUT2D eigenvalue weighted by molar-refractivity contribution is -0.120. The van der Waals surface area contributed by atoms with E-state index in [0.29, 0.717) is 5.56 Å². The molecule has 0 atom stereocenters. The number of carbonyl (C=O) groups is 2. The predicted octanol–water partition coefficient (Wildman–Crippen LogP) is 4.97. The number of benzene rings is 2. The van der Waals surface area contributed by atoms with Gasteiger partial charge < -0.3 is 9.30 Å². The highest BCUT2D eigenvalue weighted by Crippen LogP contribution is 2.23. The number of hydrogen-bond acceptors (Lipinski definition) is 4. The first kappa shape index (κ1) is 24.0. The minimum atomic E-state index is -0.359. The molecule has 6 heteroatoms. The quantitative estimate of drug-likeness (QED) is 0.317. The Labute approximate surface area is 195 Å². The molecule has 6 nitrogen and oxygen atoms in total. The molecule has 0 saturated heterocycles. The predicted molar refractivity (Wildman–Crippen MR) is 131 cm³/mol. The van der Waals surface area contributed by atoms with Gasteiger partial charge in [-0.25, -0.2) is 10.2 Å². The van der Waals surface area contributed by atoms with Crippen LogP contribution in [0, 0.1) is 27.7 Å². The van der Waals surface area contributed by atoms with Crippen molar-refractivity contribution in [2.75, 3.05) is 0 Å². The van der Waals surface area contributed by atoms with E-state index in [1.807, 2.05) is 82.5 Å². The molecule has 0 unspecified atom stereocenters. The minimum Gasteiger partial charge on any atom is -0.459 e. The van der Waals surface area contributed by atoms with Crippen molar-refractivity contribution in [1.29, 1.82) is 0 Å². The standard InChI is InChI=1S/C27H31N3O3/c1-17(2)33-27(32)24-9-7-8-10-25(24)30-20(5)14-23(21(30)6)16-28-29-26(31)15-22-12-11-18(3)13-19(22)4/h7-14,16-17H,15H2,1-6H3,(H,29,31)/b28-16+. The van der Waals surface area contributed by atoms with Crippen molar-refractivity contribution in [2.45, 2.75) is 54.1 Å². The number of carbonyl (C=O) groups excluding carboxylic acids is 2. The van der Waals surface area contributed by atoms with Crippen LogP contribution in [0.5, 0.6) is 0 Å². The number of aryl methyl sites for hydroxylation is 3. The zero-order valence-corrected chi connectivity index (χ0v) is 20.1. The largest absolute Gasteiger partial charge is 0.459 e. The Morgan fingerprint density at radius 3 is 2.48 bits per heavy atom. The summed E-state index contributed by atoms with van der Waals surface area (Å²) in [6.45, 7) is 11.6. The highest BCUT2D eigenvalue weighted by atomic mass is 16.5. The molecule has 3 rings (SSSR count). The molecular weight excluding hydrogens is 414 g/mol. The molecule has 1 aromatic heterocycles. The average Bonchev–Trinajstić information content (AvgIpc) is 3.02. The fraction of sp³-hybridized carbons (Fsp3) is 0.296. The number of nitrogens with one attached hydrogen (secondary N) is 1. The highest BCUT2D eigenvalue weighted by molar-refractivity contribution is 5.94. The SMILES string of the molecule is Cc1ccc(CC(=O)N/N=C/c2cc(C)n(-c3ccccc3C(=O)OC(C)C)c2C)c(C)c1. The number of hydrogen-bond donors (Lipinski definition) is 1. The van der Waals surface area contributed by atoms with Crippen molar-refractivity contribution in [2.24, 2.45) is 5.10 Å². The van der Waals surface area contributed by atoms with E-state index in [9.17, 15) is 9.59 Å². The van der Waals surface area contributed by atoms with E-state index in [-0.39, 0.29) is 24.4 Å². The molecule has 0 spiro atoms. The molecular formula is C27H31N3O3. The summed E-state index contributed by atoms with van der Waals surface area (Å²) in [7, 11) is 0. The van der Waals surface area contributed by atoms with Gasteiger partial charge in [-0.3, -0.25) is 4.79 Å². The van der Waals surface area contributed by atoms with Gasteiger partial charge in [0.2, 0.25) is 5.91 Å². The van der Waals surface area contributed by atoms with Crippen LogP contribution in [0.4, 0.5) is 0 Å². The van der Waals surface area contributed by atoms with Crippen LogP contribution in [-0.2, 0) is 16.0 Å². The summed E-state index contributed by atoms with van der Waals surface area (Å²) < 4.78 is 7.41. The van der Waals surface area contributed by atoms with Crippen LogP contribution in [0.2, 0.25) is 0 Å². The van der Waals surface area contributed by atoms with E-state index < -0.39 is 0 Å². The van der Waals surface area contributed by atoms with E-state index in [0.717, 1.165) is 33.8 Å². The average molecular weight is 446 g/mol. The van der Waals surface area contributed by atoms with Crippen molar-refractivity contribution >= 4 is 18.1 Å². The molecule has 0 bridgehead atoms. The van der Waals surface area contributed by atoms with Crippen LogP contribution < -0.4 is 5.43 Å². The summed E-state index contributed by atoms with van der Waals surface area (Å²) in [6, 6.07) is 15.4. The van der Waals surface area contributed by atoms with Crippen LogP contribution in [0.3, 0.4) is 0 Å². The lowest BCUT2D eigenvalue weighted by Gasteiger charge is -2.15. The lowest BCUT2D eigenvalue weighted by atomic mass is 10.0. The Bertz CT molecular complexity index is 1210. The molecule has 1 heterocycles. The molecule has 0 aliphatic rings. The summed E-state index contributed by atoms with van der Waals surface area (Å²) in [6.07, 6.45) is 1.70. The highest BCUT2D eigenvalue weighted by Gasteiger charge is 2.18. The van der Waals surface area contributed by atoms with Gasteiger partial charge in [0.15, 0.2) is 0 Å². The fourth-order valence-electron chi connectivity index (χ4n) is 3.84. The van der Waals surface area contributed by atoms with Gasteiger partial charge in [-0.15, -0.1) is 0 Å². The van der Waals surface area contributed by atoms with Crippen molar-refractivity contribution in [3.63, 3.8) is 0 Å². The van der Waals surface area contributed by atoms with Crippen molar-refractivity contribution in [3.8, 4) is 5.69 Å². The molecule has 33 heavy (non-hydrogen) atoms. The van der Waals surface area contributed by atoms with Crippen molar-refractivity contribution in [3.05, 3.63) is 87.7 Å². The number of esters is 1. The van der Waals surface area contributed by atoms with Gasteiger partial charge in [0.05, 0.1) is 30.0 Å². The fourth-order valence-corrected chi connectivity index (χ4v) is 3.84. The minimum absolute atomic E-state index is 0.172. The lowest BCUT2D eigenvalue weighted by Crippen LogP contribution is -2.20. The van der Waals surface area contributed by atoms with Crippen LogP contribution in [0.1, 0.15) is 57.8 Å². The number of amides is 1. The number of nitrogens with zero attached hydrogens (tertiary/aromatic N) is 2. The maximum absolute atomic E-state index is 12.6. The van der Waals surface area contributed by atoms with Gasteiger partial charge in [0, 0.05) is 17.0 Å². The molecule has 172 valence electrons. The smallest absolute Gasteiger partial charge is 0.340 e. The molecule has 0 aliphatic heterocycles. The number of hydrazone groups is 1. The zero-order chi connectivity index (χ0) is 24.1. The summed E-state index contributed by atoms with van der Waals surface area (Å²) in [5, 5.41) is 4.16. The van der Waals surface area contributed by atoms with Gasteiger partial charge in [0.25, 0.3) is 0 Å². The Hall–Kier alpha value is -3.67. The van der Waals surface area contributed by atoms with Crippen molar-refractivity contribution in [1.82, 2.24) is 9.99 Å². The molecule has 0 fully saturated rings. The Morgan fingerprint density at radius 2 is 1.79 bits per heavy atom. The molecule has 2 aromatic carbocycles. The zero-order valence-electron chi connectivity index (χ0n) is 20.1. The van der Waals surface area contributed by atoms with E-state index >= 15 is 0 Å². The summed E-state index contributed by atoms with van der Waals surface area (Å²) in [5.74, 6) is -0.532. The second kappa shape index (κ2) is 10.3. The first-order valence-corrected chi connectivity index (χ1v) is 11.0. The molecule has 1 amide bonds. The van der Waals surface area contributed by atoms with Gasteiger partial charge in [-0.1, -0.05) is 35.9 Å². The third-order valence-electron chi connectivity index (χ3n) is 5.42. The third kappa shape index (κ3) is 5.77. The first-order chi connectivity index (χ1) is 15.7. The van der Waals surface area contributed by atoms with Crippen LogP contribution in [0.15, 0.2) is 53.6 Å². The maximum Gasteiger partial charge on any atom is 0.340 e. The Kier molecular flexibility index (Phi) is 7.48. The van der Waals surface area contributed by atoms with Crippen LogP contribution in [0.25, 0.3) is 5.69 Å². The molecule has 0 saturated carbocycles. The second-order valence-corrected chi connectivity index (χ2v) is 8.53. The number of rotatable bonds is 7. The molecule has 0 aliphatic carbocycles. The summed E-state index contributed by atoms with van der Waals surface area (Å²) in [5.41, 5.74) is 9.81. The van der Waals surface area contributed by atoms with E-state index in [2.05, 4.69) is 16.6 Å². The summed E-state index contributed by atoms with van der Waals surface area (Å²) in [4.78, 5) is 25.0. The first-order valence-electron chi connectivity index (χ1n) is 11.0. The molecule has 1 N–H and O–H groups in total. The third-order valence-corrected chi connectivity index (χ3v) is 5.42. The number of aromatic nitrogens is 1. The van der Waals surface area contributed by atoms with Crippen LogP contribution in [-0.4, -0.2) is 28.8 Å². The normalized spacial score (nSPS) is 11.2. The van der Waals surface area contributed by atoms with Crippen molar-refractivity contribution < 1.29 is 14.3 Å². The van der Waals surface area contributed by atoms with Gasteiger partial charge in [-0.05, 0) is 70.9 Å². The van der Waals surface area contributed by atoms with E-state index in [4.69, 9.17) is 4.74 Å². The maximum atomic E-state index is 12.6.